The van der Waals surface area contributed by atoms with Gasteiger partial charge in [-0.25, -0.2) is 0 Å². The predicted octanol–water partition coefficient (Wildman–Crippen LogP) is 2.25. The SMILES string of the molecule is CCNC(=NCC(C)CN1CCOCC1)NCCC(O)c1ccccc1.I. The van der Waals surface area contributed by atoms with Gasteiger partial charge in [-0.1, -0.05) is 37.3 Å². The molecule has 1 aromatic carbocycles. The van der Waals surface area contributed by atoms with E-state index in [-0.39, 0.29) is 24.0 Å². The van der Waals surface area contributed by atoms with Crippen molar-refractivity contribution in [2.75, 3.05) is 52.5 Å². The highest BCUT2D eigenvalue weighted by atomic mass is 127. The zero-order valence-electron chi connectivity index (χ0n) is 16.6. The number of benzene rings is 1. The normalized spacial score (nSPS) is 17.7. The van der Waals surface area contributed by atoms with Crippen LogP contribution in [0.1, 0.15) is 31.9 Å². The summed E-state index contributed by atoms with van der Waals surface area (Å²) in [6.07, 6.45) is 0.199. The molecule has 1 saturated heterocycles. The second-order valence-electron chi connectivity index (χ2n) is 6.88. The average Bonchev–Trinajstić information content (AvgIpc) is 2.67. The highest BCUT2D eigenvalue weighted by Crippen LogP contribution is 2.14. The molecule has 1 aliphatic heterocycles. The molecule has 2 unspecified atom stereocenters. The number of hydrogen-bond donors (Lipinski definition) is 3. The molecule has 2 rings (SSSR count). The molecular weight excluding hydrogens is 455 g/mol. The van der Waals surface area contributed by atoms with Gasteiger partial charge in [-0.2, -0.15) is 0 Å². The molecule has 6 nitrogen and oxygen atoms in total. The van der Waals surface area contributed by atoms with Gasteiger partial charge in [0.1, 0.15) is 0 Å². The van der Waals surface area contributed by atoms with Crippen LogP contribution in [0.15, 0.2) is 35.3 Å². The smallest absolute Gasteiger partial charge is 0.191 e. The Labute approximate surface area is 180 Å². The van der Waals surface area contributed by atoms with Crippen LogP contribution in [-0.4, -0.2) is 68.4 Å². The minimum absolute atomic E-state index is 0. The molecule has 0 saturated carbocycles. The van der Waals surface area contributed by atoms with Gasteiger partial charge in [-0.05, 0) is 24.8 Å². The molecule has 7 heteroatoms. The molecule has 1 aromatic rings. The Kier molecular flexibility index (Phi) is 12.6. The van der Waals surface area contributed by atoms with Gasteiger partial charge in [0.25, 0.3) is 0 Å². The third kappa shape index (κ3) is 9.73. The molecule has 1 heterocycles. The Morgan fingerprint density at radius 1 is 1.22 bits per heavy atom. The monoisotopic (exact) mass is 490 g/mol. The Bertz CT molecular complexity index is 524. The lowest BCUT2D eigenvalue weighted by Gasteiger charge is -2.28. The number of morpholine rings is 1. The first-order valence-electron chi connectivity index (χ1n) is 9.74. The fourth-order valence-corrected chi connectivity index (χ4v) is 3.04. The molecule has 0 aromatic heterocycles. The van der Waals surface area contributed by atoms with Crippen LogP contribution in [0.5, 0.6) is 0 Å². The van der Waals surface area contributed by atoms with Crippen LogP contribution in [0.25, 0.3) is 0 Å². The molecule has 154 valence electrons. The molecule has 27 heavy (non-hydrogen) atoms. The van der Waals surface area contributed by atoms with Crippen LogP contribution in [0, 0.1) is 5.92 Å². The van der Waals surface area contributed by atoms with Gasteiger partial charge in [-0.3, -0.25) is 9.89 Å². The third-order valence-electron chi connectivity index (χ3n) is 4.47. The van der Waals surface area contributed by atoms with E-state index in [0.29, 0.717) is 18.9 Å². The summed E-state index contributed by atoms with van der Waals surface area (Å²) in [5, 5.41) is 16.9. The van der Waals surface area contributed by atoms with Crippen molar-refractivity contribution in [3.63, 3.8) is 0 Å². The zero-order chi connectivity index (χ0) is 18.6. The van der Waals surface area contributed by atoms with Gasteiger partial charge in [0.15, 0.2) is 5.96 Å². The first kappa shape index (κ1) is 24.1. The lowest BCUT2D eigenvalue weighted by Crippen LogP contribution is -2.40. The number of halogens is 1. The maximum Gasteiger partial charge on any atom is 0.191 e. The van der Waals surface area contributed by atoms with E-state index in [1.807, 2.05) is 30.3 Å². The number of aliphatic imine (C=N–C) groups is 1. The number of rotatable bonds is 9. The van der Waals surface area contributed by atoms with E-state index in [4.69, 9.17) is 9.73 Å². The second-order valence-corrected chi connectivity index (χ2v) is 6.88. The van der Waals surface area contributed by atoms with Crippen LogP contribution in [0.3, 0.4) is 0 Å². The molecule has 0 amide bonds. The molecule has 0 spiro atoms. The first-order valence-corrected chi connectivity index (χ1v) is 9.74. The molecule has 0 radical (unpaired) electrons. The van der Waals surface area contributed by atoms with Crippen molar-refractivity contribution in [1.29, 1.82) is 0 Å². The number of hydrogen-bond acceptors (Lipinski definition) is 4. The van der Waals surface area contributed by atoms with Crippen molar-refractivity contribution in [3.8, 4) is 0 Å². The number of nitrogens with zero attached hydrogens (tertiary/aromatic N) is 2. The maximum atomic E-state index is 10.2. The Morgan fingerprint density at radius 3 is 2.59 bits per heavy atom. The van der Waals surface area contributed by atoms with E-state index < -0.39 is 6.10 Å². The van der Waals surface area contributed by atoms with Gasteiger partial charge in [0.05, 0.1) is 19.3 Å². The average molecular weight is 490 g/mol. The molecular formula is C20H35IN4O2. The van der Waals surface area contributed by atoms with Crippen molar-refractivity contribution in [3.05, 3.63) is 35.9 Å². The standard InChI is InChI=1S/C20H34N4O2.HI/c1-3-21-20(22-10-9-19(25)18-7-5-4-6-8-18)23-15-17(2)16-24-11-13-26-14-12-24;/h4-8,17,19,25H,3,9-16H2,1-2H3,(H2,21,22,23);1H. The van der Waals surface area contributed by atoms with Crippen molar-refractivity contribution < 1.29 is 9.84 Å². The van der Waals surface area contributed by atoms with E-state index in [1.165, 1.54) is 0 Å². The maximum absolute atomic E-state index is 10.2. The first-order chi connectivity index (χ1) is 12.7. The highest BCUT2D eigenvalue weighted by Gasteiger charge is 2.13. The highest BCUT2D eigenvalue weighted by molar-refractivity contribution is 14.0. The fraction of sp³-hybridized carbons (Fsp3) is 0.650. The van der Waals surface area contributed by atoms with Crippen molar-refractivity contribution in [2.24, 2.45) is 10.9 Å². The molecule has 2 atom stereocenters. The summed E-state index contributed by atoms with van der Waals surface area (Å²) in [5.41, 5.74) is 0.954. The second kappa shape index (κ2) is 14.1. The van der Waals surface area contributed by atoms with E-state index in [0.717, 1.165) is 57.5 Å². The number of aliphatic hydroxyl groups is 1. The quantitative estimate of drug-likeness (QED) is 0.282. The van der Waals surface area contributed by atoms with Crippen LogP contribution < -0.4 is 10.6 Å². The summed E-state index contributed by atoms with van der Waals surface area (Å²) < 4.78 is 5.40. The summed E-state index contributed by atoms with van der Waals surface area (Å²) in [7, 11) is 0. The zero-order valence-corrected chi connectivity index (χ0v) is 18.9. The minimum atomic E-state index is -0.452. The van der Waals surface area contributed by atoms with Gasteiger partial charge >= 0.3 is 0 Å². The van der Waals surface area contributed by atoms with Crippen molar-refractivity contribution in [1.82, 2.24) is 15.5 Å². The summed E-state index contributed by atoms with van der Waals surface area (Å²) in [6, 6.07) is 9.78. The summed E-state index contributed by atoms with van der Waals surface area (Å²) in [4.78, 5) is 7.15. The molecule has 0 aliphatic carbocycles. The van der Waals surface area contributed by atoms with E-state index in [2.05, 4.69) is 29.4 Å². The van der Waals surface area contributed by atoms with Gasteiger partial charge in [-0.15, -0.1) is 24.0 Å². The predicted molar refractivity (Wildman–Crippen MR) is 122 cm³/mol. The number of nitrogens with one attached hydrogen (secondary N) is 2. The molecule has 1 fully saturated rings. The molecule has 0 bridgehead atoms. The number of aliphatic hydroxyl groups excluding tert-OH is 1. The molecule has 1 aliphatic rings. The lowest BCUT2D eigenvalue weighted by molar-refractivity contribution is 0.0323. The van der Waals surface area contributed by atoms with E-state index >= 15 is 0 Å². The summed E-state index contributed by atoms with van der Waals surface area (Å²) in [6.45, 7) is 11.4. The third-order valence-corrected chi connectivity index (χ3v) is 4.47. The Morgan fingerprint density at radius 2 is 1.93 bits per heavy atom. The molecule has 3 N–H and O–H groups in total. The Balaban J connectivity index is 0.00000364. The largest absolute Gasteiger partial charge is 0.388 e. The fourth-order valence-electron chi connectivity index (χ4n) is 3.04. The minimum Gasteiger partial charge on any atom is -0.388 e. The van der Waals surface area contributed by atoms with Gasteiger partial charge < -0.3 is 20.5 Å². The van der Waals surface area contributed by atoms with Crippen LogP contribution in [0.4, 0.5) is 0 Å². The van der Waals surface area contributed by atoms with Crippen molar-refractivity contribution >= 4 is 29.9 Å². The van der Waals surface area contributed by atoms with Gasteiger partial charge in [0, 0.05) is 39.3 Å². The van der Waals surface area contributed by atoms with Crippen LogP contribution in [-0.2, 0) is 4.74 Å². The van der Waals surface area contributed by atoms with Crippen LogP contribution >= 0.6 is 24.0 Å². The summed E-state index contributed by atoms with van der Waals surface area (Å²) >= 11 is 0. The van der Waals surface area contributed by atoms with Gasteiger partial charge in [0.2, 0.25) is 0 Å². The Hall–Kier alpha value is -0.900. The van der Waals surface area contributed by atoms with Crippen molar-refractivity contribution in [2.45, 2.75) is 26.4 Å². The van der Waals surface area contributed by atoms with E-state index in [1.54, 1.807) is 0 Å². The van der Waals surface area contributed by atoms with Crippen LogP contribution in [0.2, 0.25) is 0 Å². The van der Waals surface area contributed by atoms with E-state index in [9.17, 15) is 5.11 Å². The summed E-state index contributed by atoms with van der Waals surface area (Å²) in [5.74, 6) is 1.32. The topological polar surface area (TPSA) is 69.1 Å². The number of guanidine groups is 1. The number of ether oxygens (including phenoxy) is 1. The lowest BCUT2D eigenvalue weighted by atomic mass is 10.1.